The van der Waals surface area contributed by atoms with E-state index in [-0.39, 0.29) is 17.6 Å². The Kier molecular flexibility index (Phi) is 10.9. The van der Waals surface area contributed by atoms with Crippen molar-refractivity contribution in [3.63, 3.8) is 0 Å². The van der Waals surface area contributed by atoms with Crippen molar-refractivity contribution < 1.29 is 9.59 Å². The van der Waals surface area contributed by atoms with Crippen molar-refractivity contribution in [1.82, 2.24) is 10.2 Å². The van der Waals surface area contributed by atoms with Crippen LogP contribution in [0.1, 0.15) is 43.9 Å². The highest BCUT2D eigenvalue weighted by Gasteiger charge is 2.28. The molecule has 174 valence electrons. The summed E-state index contributed by atoms with van der Waals surface area (Å²) in [5.74, 6) is 1.04. The summed E-state index contributed by atoms with van der Waals surface area (Å²) in [5.41, 5.74) is 3.08. The first-order valence-electron chi connectivity index (χ1n) is 10.9. The van der Waals surface area contributed by atoms with Gasteiger partial charge in [-0.2, -0.15) is 0 Å². The molecule has 0 aliphatic rings. The van der Waals surface area contributed by atoms with Crippen LogP contribution in [0.3, 0.4) is 0 Å². The number of hydrogen-bond donors (Lipinski definition) is 1. The molecule has 1 atom stereocenters. The number of aryl methyl sites for hydroxylation is 1. The predicted octanol–water partition coefficient (Wildman–Crippen LogP) is 6.11. The van der Waals surface area contributed by atoms with Gasteiger partial charge in [0.1, 0.15) is 6.04 Å². The minimum absolute atomic E-state index is 0.0603. The molecule has 2 amide bonds. The van der Waals surface area contributed by atoms with Gasteiger partial charge in [-0.3, -0.25) is 9.59 Å². The molecule has 2 rings (SSSR count). The second-order valence-electron chi connectivity index (χ2n) is 8.24. The van der Waals surface area contributed by atoms with Crippen LogP contribution in [0.25, 0.3) is 0 Å². The second kappa shape index (κ2) is 13.1. The molecule has 4 nitrogen and oxygen atoms in total. The number of nitrogens with zero attached hydrogens (tertiary/aromatic N) is 1. The minimum atomic E-state index is -0.513. The lowest BCUT2D eigenvalue weighted by Gasteiger charge is -2.31. The maximum Gasteiger partial charge on any atom is 0.242 e. The third kappa shape index (κ3) is 8.02. The molecular formula is C25H32Cl2N2O2S. The lowest BCUT2D eigenvalue weighted by molar-refractivity contribution is -0.139. The Labute approximate surface area is 206 Å². The van der Waals surface area contributed by atoms with Crippen LogP contribution in [0.2, 0.25) is 10.0 Å². The zero-order valence-corrected chi connectivity index (χ0v) is 21.5. The van der Waals surface area contributed by atoms with Crippen molar-refractivity contribution in [3.8, 4) is 0 Å². The van der Waals surface area contributed by atoms with Gasteiger partial charge in [0.2, 0.25) is 11.8 Å². The fourth-order valence-electron chi connectivity index (χ4n) is 3.28. The average molecular weight is 496 g/mol. The Balaban J connectivity index is 2.15. The summed E-state index contributed by atoms with van der Waals surface area (Å²) in [5, 5.41) is 4.17. The molecule has 2 aromatic rings. The molecule has 7 heteroatoms. The van der Waals surface area contributed by atoms with Crippen LogP contribution in [0, 0.1) is 12.8 Å². The maximum absolute atomic E-state index is 13.3. The van der Waals surface area contributed by atoms with E-state index < -0.39 is 6.04 Å². The van der Waals surface area contributed by atoms with Crippen LogP contribution in [0.4, 0.5) is 0 Å². The number of amides is 2. The van der Waals surface area contributed by atoms with E-state index in [0.29, 0.717) is 41.2 Å². The first-order chi connectivity index (χ1) is 15.2. The third-order valence-corrected chi connectivity index (χ3v) is 6.72. The van der Waals surface area contributed by atoms with Gasteiger partial charge in [0.05, 0.1) is 5.75 Å². The molecule has 0 unspecified atom stereocenters. The first-order valence-corrected chi connectivity index (χ1v) is 12.8. The zero-order chi connectivity index (χ0) is 23.7. The van der Waals surface area contributed by atoms with E-state index in [9.17, 15) is 9.59 Å². The molecule has 0 heterocycles. The van der Waals surface area contributed by atoms with E-state index in [4.69, 9.17) is 23.2 Å². The smallest absolute Gasteiger partial charge is 0.242 e. The molecule has 32 heavy (non-hydrogen) atoms. The van der Waals surface area contributed by atoms with Gasteiger partial charge in [0, 0.05) is 28.9 Å². The topological polar surface area (TPSA) is 49.4 Å². The van der Waals surface area contributed by atoms with Crippen LogP contribution < -0.4 is 5.32 Å². The third-order valence-electron chi connectivity index (χ3n) is 5.17. The summed E-state index contributed by atoms with van der Waals surface area (Å²) in [6, 6.07) is 12.8. The lowest BCUT2D eigenvalue weighted by atomic mass is 10.1. The molecule has 0 saturated heterocycles. The van der Waals surface area contributed by atoms with Crippen molar-refractivity contribution >= 4 is 46.8 Å². The van der Waals surface area contributed by atoms with Gasteiger partial charge in [-0.15, -0.1) is 11.8 Å². The quantitative estimate of drug-likeness (QED) is 0.409. The van der Waals surface area contributed by atoms with Crippen molar-refractivity contribution in [2.45, 2.75) is 52.5 Å². The molecule has 1 N–H and O–H groups in total. The van der Waals surface area contributed by atoms with Crippen molar-refractivity contribution in [1.29, 1.82) is 0 Å². The molecule has 2 aromatic carbocycles. The molecule has 0 aromatic heterocycles. The van der Waals surface area contributed by atoms with Gasteiger partial charge in [0.25, 0.3) is 0 Å². The van der Waals surface area contributed by atoms with Crippen LogP contribution in [-0.4, -0.2) is 35.1 Å². The molecule has 0 bridgehead atoms. The summed E-state index contributed by atoms with van der Waals surface area (Å²) in [6.07, 6.45) is 0.551. The summed E-state index contributed by atoms with van der Waals surface area (Å²) in [4.78, 5) is 27.9. The molecule has 0 aliphatic carbocycles. The summed E-state index contributed by atoms with van der Waals surface area (Å²) >= 11 is 13.7. The molecule has 0 saturated carbocycles. The number of nitrogens with one attached hydrogen (secondary N) is 1. The van der Waals surface area contributed by atoms with Gasteiger partial charge >= 0.3 is 0 Å². The Morgan fingerprint density at radius 2 is 1.81 bits per heavy atom. The highest BCUT2D eigenvalue weighted by atomic mass is 35.5. The van der Waals surface area contributed by atoms with Gasteiger partial charge in [-0.25, -0.2) is 0 Å². The van der Waals surface area contributed by atoms with Crippen molar-refractivity contribution in [2.24, 2.45) is 5.92 Å². The molecular weight excluding hydrogens is 463 g/mol. The zero-order valence-electron chi connectivity index (χ0n) is 19.2. The minimum Gasteiger partial charge on any atom is -0.354 e. The number of rotatable bonds is 11. The van der Waals surface area contributed by atoms with Gasteiger partial charge < -0.3 is 10.2 Å². The lowest BCUT2D eigenvalue weighted by Crippen LogP contribution is -2.50. The van der Waals surface area contributed by atoms with E-state index in [1.165, 1.54) is 11.8 Å². The van der Waals surface area contributed by atoms with Gasteiger partial charge in [0.15, 0.2) is 0 Å². The average Bonchev–Trinajstić information content (AvgIpc) is 2.74. The number of hydrogen-bond acceptors (Lipinski definition) is 3. The number of thioether (sulfide) groups is 1. The summed E-state index contributed by atoms with van der Waals surface area (Å²) < 4.78 is 0. The Bertz CT molecular complexity index is 921. The highest BCUT2D eigenvalue weighted by molar-refractivity contribution is 7.99. The van der Waals surface area contributed by atoms with E-state index in [1.54, 1.807) is 17.0 Å². The monoisotopic (exact) mass is 494 g/mol. The maximum atomic E-state index is 13.3. The van der Waals surface area contributed by atoms with E-state index in [0.717, 1.165) is 16.7 Å². The SMILES string of the molecule is CC[C@H](C(=O)NCC(C)C)N(Cc1ccccc1C)C(=O)CSCc1ccc(Cl)cc1Cl. The normalized spacial score (nSPS) is 12.0. The fourth-order valence-corrected chi connectivity index (χ4v) is 4.75. The second-order valence-corrected chi connectivity index (χ2v) is 10.1. The Morgan fingerprint density at radius 1 is 1.09 bits per heavy atom. The predicted molar refractivity (Wildman–Crippen MR) is 136 cm³/mol. The molecule has 0 aliphatic heterocycles. The fraction of sp³-hybridized carbons (Fsp3) is 0.440. The number of carbonyl (C=O) groups is 2. The van der Waals surface area contributed by atoms with Crippen LogP contribution in [-0.2, 0) is 21.9 Å². The largest absolute Gasteiger partial charge is 0.354 e. The standard InChI is InChI=1S/C25H32Cl2N2O2S/c1-5-23(25(31)28-13-17(2)3)29(14-19-9-7-6-8-18(19)4)24(30)16-32-15-20-10-11-21(26)12-22(20)27/h6-12,17,23H,5,13-16H2,1-4H3,(H,28,31)/t23-/m1/s1. The van der Waals surface area contributed by atoms with Gasteiger partial charge in [-0.1, -0.05) is 74.3 Å². The molecule has 0 radical (unpaired) electrons. The molecule has 0 spiro atoms. The summed E-state index contributed by atoms with van der Waals surface area (Å²) in [7, 11) is 0. The van der Waals surface area contributed by atoms with Crippen LogP contribution >= 0.6 is 35.0 Å². The summed E-state index contributed by atoms with van der Waals surface area (Å²) in [6.45, 7) is 9.06. The van der Waals surface area contributed by atoms with Crippen molar-refractivity contribution in [3.05, 3.63) is 69.2 Å². The van der Waals surface area contributed by atoms with Crippen LogP contribution in [0.5, 0.6) is 0 Å². The highest BCUT2D eigenvalue weighted by Crippen LogP contribution is 2.25. The Hall–Kier alpha value is -1.69. The van der Waals surface area contributed by atoms with E-state index in [1.807, 2.05) is 44.2 Å². The van der Waals surface area contributed by atoms with Gasteiger partial charge in [-0.05, 0) is 48.1 Å². The Morgan fingerprint density at radius 3 is 2.44 bits per heavy atom. The van der Waals surface area contributed by atoms with Crippen LogP contribution in [0.15, 0.2) is 42.5 Å². The van der Waals surface area contributed by atoms with Crippen molar-refractivity contribution in [2.75, 3.05) is 12.3 Å². The first kappa shape index (κ1) is 26.6. The van der Waals surface area contributed by atoms with E-state index in [2.05, 4.69) is 19.2 Å². The molecule has 0 fully saturated rings. The number of benzene rings is 2. The number of halogens is 2. The number of carbonyl (C=O) groups excluding carboxylic acids is 2. The van der Waals surface area contributed by atoms with E-state index >= 15 is 0 Å².